The summed E-state index contributed by atoms with van der Waals surface area (Å²) in [7, 11) is 0. The van der Waals surface area contributed by atoms with Crippen LogP contribution in [0, 0.1) is 11.1 Å². The Kier molecular flexibility index (Phi) is 12.8. The summed E-state index contributed by atoms with van der Waals surface area (Å²) >= 11 is 3.88. The number of phenolic OH excluding ortho intramolecular Hbond substituents is 1. The first-order valence-electron chi connectivity index (χ1n) is 8.82. The number of aromatic hydroxyl groups is 1. The van der Waals surface area contributed by atoms with Crippen molar-refractivity contribution in [1.82, 2.24) is 4.91 Å². The number of rotatable bonds is 3. The number of hydrogen-bond acceptors (Lipinski definition) is 7. The van der Waals surface area contributed by atoms with Crippen molar-refractivity contribution in [3.63, 3.8) is 0 Å². The molecule has 0 unspecified atom stereocenters. The van der Waals surface area contributed by atoms with E-state index < -0.39 is 31.0 Å². The van der Waals surface area contributed by atoms with Crippen LogP contribution in [0.3, 0.4) is 0 Å². The fourth-order valence-corrected chi connectivity index (χ4v) is 8.09. The summed E-state index contributed by atoms with van der Waals surface area (Å²) in [6, 6.07) is 11.1. The number of carboxylic acids is 1. The second-order valence-corrected chi connectivity index (χ2v) is 12.1. The van der Waals surface area contributed by atoms with E-state index in [4.69, 9.17) is 15.5 Å². The number of fused-ring (bicyclic) bond motifs is 2. The van der Waals surface area contributed by atoms with Gasteiger partial charge in [-0.05, 0) is 0 Å². The molecule has 34 heavy (non-hydrogen) atoms. The van der Waals surface area contributed by atoms with Crippen LogP contribution in [0.1, 0.15) is 10.4 Å². The zero-order valence-electron chi connectivity index (χ0n) is 16.0. The number of nitrogens with zero attached hydrogens (tertiary/aromatic N) is 1. The van der Waals surface area contributed by atoms with Crippen molar-refractivity contribution in [2.45, 2.75) is 0 Å². The van der Waals surface area contributed by atoms with Crippen LogP contribution in [-0.2, 0) is 25.0 Å². The molecular weight excluding hydrogens is 785 g/mol. The molecule has 0 saturated heterocycles. The molecule has 0 amide bonds. The van der Waals surface area contributed by atoms with Gasteiger partial charge in [0.1, 0.15) is 11.1 Å². The molecule has 0 aromatic heterocycles. The Morgan fingerprint density at radius 1 is 1.03 bits per heavy atom. The van der Waals surface area contributed by atoms with Gasteiger partial charge in [-0.3, -0.25) is 0 Å². The van der Waals surface area contributed by atoms with Gasteiger partial charge in [0.25, 0.3) is 0 Å². The summed E-state index contributed by atoms with van der Waals surface area (Å²) in [6.45, 7) is 0. The van der Waals surface area contributed by atoms with Crippen molar-refractivity contribution < 1.29 is 47.5 Å². The maximum absolute atomic E-state index is 12.2. The first kappa shape index (κ1) is 31.6. The van der Waals surface area contributed by atoms with E-state index in [0.29, 0.717) is 34.1 Å². The summed E-state index contributed by atoms with van der Waals surface area (Å²) in [5.41, 5.74) is 12.6. The van der Waals surface area contributed by atoms with Gasteiger partial charge in [-0.15, -0.1) is 0 Å². The van der Waals surface area contributed by atoms with E-state index in [1.54, 1.807) is 30.3 Å². The van der Waals surface area contributed by atoms with E-state index in [1.165, 1.54) is 12.1 Å². The van der Waals surface area contributed by atoms with Crippen LogP contribution >= 0.6 is 31.9 Å². The van der Waals surface area contributed by atoms with Crippen molar-refractivity contribution in [2.24, 2.45) is 0 Å². The van der Waals surface area contributed by atoms with Crippen molar-refractivity contribution >= 4 is 111 Å². The molecule has 1 aliphatic carbocycles. The molecule has 2 aromatic carbocycles. The van der Waals surface area contributed by atoms with Crippen LogP contribution in [0.5, 0.6) is 5.75 Å². The predicted molar refractivity (Wildman–Crippen MR) is 132 cm³/mol. The molecule has 14 heteroatoms. The molecule has 2 aromatic rings. The SMILES string of the molecule is N=[N+]=N.O=C(O)c1ccccc1-c1c2cc(Br)c(=O)cc-2oc2[c]([Hg][OH])c(O)c(Br)cc12.[NaH].[NaH]. The van der Waals surface area contributed by atoms with Crippen LogP contribution in [0.4, 0.5) is 0 Å². The van der Waals surface area contributed by atoms with Gasteiger partial charge < -0.3 is 0 Å². The summed E-state index contributed by atoms with van der Waals surface area (Å²) in [6.07, 6.45) is 0. The second kappa shape index (κ2) is 13.8. The van der Waals surface area contributed by atoms with Gasteiger partial charge in [0.05, 0.1) is 0 Å². The van der Waals surface area contributed by atoms with Gasteiger partial charge in [-0.25, -0.2) is 0 Å². The fraction of sp³-hybridized carbons (Fsp3) is 0. The Morgan fingerprint density at radius 3 is 2.24 bits per heavy atom. The van der Waals surface area contributed by atoms with Gasteiger partial charge in [-0.2, -0.15) is 0 Å². The topological polar surface area (TPSA) is 170 Å². The van der Waals surface area contributed by atoms with Crippen LogP contribution in [0.15, 0.2) is 60.6 Å². The van der Waals surface area contributed by atoms with E-state index >= 15 is 0 Å². The molecule has 9 nitrogen and oxygen atoms in total. The zero-order chi connectivity index (χ0) is 23.6. The molecule has 5 N–H and O–H groups in total. The van der Waals surface area contributed by atoms with Gasteiger partial charge in [0, 0.05) is 0 Å². The molecule has 0 saturated carbocycles. The Labute approximate surface area is 266 Å². The van der Waals surface area contributed by atoms with Crippen molar-refractivity contribution in [1.29, 1.82) is 11.1 Å². The summed E-state index contributed by atoms with van der Waals surface area (Å²) in [5.74, 6) is -0.949. The van der Waals surface area contributed by atoms with Crippen LogP contribution < -0.4 is 13.4 Å². The van der Waals surface area contributed by atoms with Crippen LogP contribution in [-0.4, -0.2) is 78.3 Å². The van der Waals surface area contributed by atoms with Gasteiger partial charge in [-0.1, -0.05) is 0 Å². The molecule has 2 aliphatic rings. The minimum absolute atomic E-state index is 0. The van der Waals surface area contributed by atoms with Crippen molar-refractivity contribution in [3.05, 3.63) is 67.2 Å². The van der Waals surface area contributed by atoms with E-state index in [2.05, 4.69) is 31.9 Å². The second-order valence-electron chi connectivity index (χ2n) is 6.44. The van der Waals surface area contributed by atoms with Gasteiger partial charge in [0.2, 0.25) is 4.91 Å². The Bertz CT molecular complexity index is 1440. The summed E-state index contributed by atoms with van der Waals surface area (Å²) < 4.78 is 17.0. The quantitative estimate of drug-likeness (QED) is 0.0925. The maximum atomic E-state index is 12.2. The minimum atomic E-state index is -2.67. The molecule has 1 heterocycles. The van der Waals surface area contributed by atoms with E-state index in [1.807, 2.05) is 4.91 Å². The number of benzene rings is 3. The molecule has 0 radical (unpaired) electrons. The first-order valence-corrected chi connectivity index (χ1v) is 15.6. The molecule has 0 bridgehead atoms. The molecule has 0 atom stereocenters. The molecule has 0 fully saturated rings. The molecule has 162 valence electrons. The monoisotopic (exact) mass is 798 g/mol. The number of halogens is 2. The normalized spacial score (nSPS) is 9.62. The van der Waals surface area contributed by atoms with Crippen molar-refractivity contribution in [2.75, 3.05) is 0 Å². The molecule has 1 aliphatic heterocycles. The Hall–Kier alpha value is -0.435. The average Bonchev–Trinajstić information content (AvgIpc) is 2.75. The zero-order valence-corrected chi connectivity index (χ0v) is 24.7. The third-order valence-electron chi connectivity index (χ3n) is 4.67. The first-order chi connectivity index (χ1) is 15.2. The average molecular weight is 799 g/mol. The third-order valence-corrected chi connectivity index (χ3v) is 9.68. The Balaban J connectivity index is 0.00000110. The number of carbonyl (C=O) groups is 1. The van der Waals surface area contributed by atoms with Gasteiger partial charge in [0.15, 0.2) is 0 Å². The fourth-order valence-electron chi connectivity index (χ4n) is 3.37. The number of phenols is 1. The number of aromatic carboxylic acids is 1. The van der Waals surface area contributed by atoms with E-state index in [9.17, 15) is 22.8 Å². The number of nitrogens with one attached hydrogen (secondary N) is 2. The van der Waals surface area contributed by atoms with Crippen molar-refractivity contribution in [3.8, 4) is 28.2 Å². The standard InChI is InChI=1S/C20H9Br2O5.Hg.H2N3.2Na.H2O.2H/c21-13-5-11-17(7-15(13)23)27-18-8-16(24)14(22)6-12(18)19(11)9-3-1-2-4-10(9)20(25)26;;1-3-2;;;;;/h1-7,24H,(H,25,26);;1-2H;;;1H2;;/q;2*+1;;;;;/p-1. The van der Waals surface area contributed by atoms with Crippen LogP contribution in [0.2, 0.25) is 0 Å². The predicted octanol–water partition coefficient (Wildman–Crippen LogP) is 2.93. The van der Waals surface area contributed by atoms with Gasteiger partial charge >= 0.3 is 254 Å². The third kappa shape index (κ3) is 6.27. The van der Waals surface area contributed by atoms with Crippen LogP contribution in [0.25, 0.3) is 33.4 Å². The van der Waals surface area contributed by atoms with E-state index in [-0.39, 0.29) is 87.2 Å². The summed E-state index contributed by atoms with van der Waals surface area (Å²) in [5, 5.41) is 20.6. The van der Waals surface area contributed by atoms with E-state index in [0.717, 1.165) is 0 Å². The molecule has 4 rings (SSSR count). The Morgan fingerprint density at radius 2 is 1.65 bits per heavy atom. The molecule has 0 spiro atoms. The number of carboxylic acid groups (broad SMARTS) is 1. The summed E-state index contributed by atoms with van der Waals surface area (Å²) in [4.78, 5) is 26.0. The number of hydrogen-bond donors (Lipinski definition) is 5. The molecular formula is C20H14Br2HgN3Na2O6+.